The summed E-state index contributed by atoms with van der Waals surface area (Å²) in [6.07, 6.45) is -1.26. The van der Waals surface area contributed by atoms with Crippen LogP contribution in [0.15, 0.2) is 83.8 Å². The first kappa shape index (κ1) is 34.6. The highest BCUT2D eigenvalue weighted by Crippen LogP contribution is 2.31. The number of aromatic nitrogens is 2. The average Bonchev–Trinajstić information content (AvgIpc) is 3.05. The fourth-order valence-corrected chi connectivity index (χ4v) is 5.27. The molecule has 1 heterocycles. The summed E-state index contributed by atoms with van der Waals surface area (Å²) in [5.41, 5.74) is 2.73. The van der Waals surface area contributed by atoms with Gasteiger partial charge in [-0.05, 0) is 72.5 Å². The zero-order chi connectivity index (χ0) is 33.3. The largest absolute Gasteiger partial charge is 0.416 e. The Hall–Kier alpha value is -4.31. The van der Waals surface area contributed by atoms with Crippen molar-refractivity contribution in [3.8, 4) is 11.1 Å². The van der Waals surface area contributed by atoms with Gasteiger partial charge in [-0.1, -0.05) is 69.3 Å². The number of hydrogen-bond acceptors (Lipinski definition) is 4. The number of halogens is 4. The summed E-state index contributed by atoms with van der Waals surface area (Å²) in [6, 6.07) is 18.7. The maximum atomic E-state index is 13.9. The Kier molecular flexibility index (Phi) is 11.9. The summed E-state index contributed by atoms with van der Waals surface area (Å²) in [4.78, 5) is 34.9. The second kappa shape index (κ2) is 15.8. The molecule has 0 aliphatic heterocycles. The smallest absolute Gasteiger partial charge is 0.336 e. The van der Waals surface area contributed by atoms with E-state index in [1.165, 1.54) is 24.3 Å². The third kappa shape index (κ3) is 9.36. The summed E-state index contributed by atoms with van der Waals surface area (Å²) < 4.78 is 54.1. The Morgan fingerprint density at radius 2 is 1.39 bits per heavy atom. The maximum Gasteiger partial charge on any atom is 0.416 e. The van der Waals surface area contributed by atoms with Crippen LogP contribution < -0.4 is 5.56 Å². The lowest BCUT2D eigenvalue weighted by molar-refractivity contribution is -0.137. The molecule has 0 saturated carbocycles. The third-order valence-corrected chi connectivity index (χ3v) is 8.19. The zero-order valence-electron chi connectivity index (χ0n) is 26.5. The molecule has 0 N–H and O–H groups in total. The third-order valence-electron chi connectivity index (χ3n) is 8.19. The van der Waals surface area contributed by atoms with Crippen LogP contribution in [0, 0.1) is 5.82 Å². The minimum absolute atomic E-state index is 0.000912. The van der Waals surface area contributed by atoms with Crippen LogP contribution in [-0.4, -0.2) is 51.4 Å². The first-order chi connectivity index (χ1) is 22.0. The number of likely N-dealkylation sites (N-methyl/N-ethyl adjacent to an activating group) is 1. The molecule has 0 unspecified atom stereocenters. The topological polar surface area (TPSA) is 58.4 Å². The lowest BCUT2D eigenvalue weighted by Crippen LogP contribution is -2.40. The molecule has 4 aromatic rings. The fraction of sp³-hybridized carbons (Fsp3) is 0.361. The van der Waals surface area contributed by atoms with Crippen molar-refractivity contribution >= 4 is 5.91 Å². The van der Waals surface area contributed by atoms with E-state index >= 15 is 0 Å². The molecule has 0 bridgehead atoms. The molecule has 0 radical (unpaired) electrons. The van der Waals surface area contributed by atoms with Gasteiger partial charge in [0.1, 0.15) is 18.2 Å². The molecule has 0 aliphatic rings. The predicted octanol–water partition coefficient (Wildman–Crippen LogP) is 6.79. The highest BCUT2D eigenvalue weighted by molar-refractivity contribution is 5.76. The minimum Gasteiger partial charge on any atom is -0.336 e. The average molecular weight is 637 g/mol. The molecular formula is C36H40F4N4O2. The molecule has 1 amide bonds. The first-order valence-corrected chi connectivity index (χ1v) is 15.6. The van der Waals surface area contributed by atoms with Crippen LogP contribution in [0.1, 0.15) is 48.8 Å². The lowest BCUT2D eigenvalue weighted by Gasteiger charge is -2.27. The minimum atomic E-state index is -4.39. The van der Waals surface area contributed by atoms with E-state index in [2.05, 4.69) is 23.7 Å². The number of carbonyl (C=O) groups is 1. The van der Waals surface area contributed by atoms with Gasteiger partial charge in [-0.15, -0.1) is 0 Å². The van der Waals surface area contributed by atoms with Gasteiger partial charge in [-0.3, -0.25) is 9.59 Å². The summed E-state index contributed by atoms with van der Waals surface area (Å²) in [5.74, 6) is 0.0367. The lowest BCUT2D eigenvalue weighted by atomic mass is 10.0. The van der Waals surface area contributed by atoms with Crippen molar-refractivity contribution in [2.24, 2.45) is 0 Å². The van der Waals surface area contributed by atoms with Crippen LogP contribution in [0.4, 0.5) is 17.6 Å². The molecule has 0 spiro atoms. The molecule has 0 atom stereocenters. The van der Waals surface area contributed by atoms with E-state index in [1.54, 1.807) is 27.8 Å². The summed E-state index contributed by atoms with van der Waals surface area (Å²) in [7, 11) is 0. The van der Waals surface area contributed by atoms with Crippen molar-refractivity contribution in [2.75, 3.05) is 26.2 Å². The second-order valence-electron chi connectivity index (χ2n) is 11.2. The molecule has 4 rings (SSSR count). The first-order valence-electron chi connectivity index (χ1n) is 15.6. The highest BCUT2D eigenvalue weighted by Gasteiger charge is 2.30. The summed E-state index contributed by atoms with van der Waals surface area (Å²) in [5, 5.41) is 0. The molecule has 3 aromatic carbocycles. The maximum absolute atomic E-state index is 13.9. The Bertz CT molecular complexity index is 1630. The fourth-order valence-electron chi connectivity index (χ4n) is 5.27. The Morgan fingerprint density at radius 1 is 0.804 bits per heavy atom. The Balaban J connectivity index is 1.55. The van der Waals surface area contributed by atoms with Crippen LogP contribution in [0.5, 0.6) is 0 Å². The molecular weight excluding hydrogens is 596 g/mol. The van der Waals surface area contributed by atoms with Crippen molar-refractivity contribution in [3.63, 3.8) is 0 Å². The van der Waals surface area contributed by atoms with Gasteiger partial charge in [0.25, 0.3) is 5.56 Å². The van der Waals surface area contributed by atoms with Crippen LogP contribution >= 0.6 is 0 Å². The second-order valence-corrected chi connectivity index (χ2v) is 11.2. The van der Waals surface area contributed by atoms with Crippen molar-refractivity contribution < 1.29 is 22.4 Å². The summed E-state index contributed by atoms with van der Waals surface area (Å²) >= 11 is 0. The van der Waals surface area contributed by atoms with Crippen LogP contribution in [-0.2, 0) is 43.3 Å². The number of aryl methyl sites for hydroxylation is 3. The van der Waals surface area contributed by atoms with Crippen LogP contribution in [0.25, 0.3) is 11.1 Å². The summed E-state index contributed by atoms with van der Waals surface area (Å²) in [6.45, 7) is 9.21. The molecule has 6 nitrogen and oxygen atoms in total. The van der Waals surface area contributed by atoms with E-state index in [0.717, 1.165) is 41.9 Å². The normalized spacial score (nSPS) is 11.7. The standard InChI is InChI=1S/C36H40F4N4O2/c1-4-28-24-44(33(41-35(28)46)20-11-26-9-18-32(37)19-10-26)25-34(45)43(22-21-42(5-2)6-3)23-27-7-12-29(13-8-27)30-14-16-31(17-15-30)36(38,39)40/h7-10,12-19,24H,4-6,11,20-23,25H2,1-3H3. The van der Waals surface area contributed by atoms with Crippen LogP contribution in [0.3, 0.4) is 0 Å². The number of amides is 1. The van der Waals surface area contributed by atoms with Crippen LogP contribution in [0.2, 0.25) is 0 Å². The molecule has 46 heavy (non-hydrogen) atoms. The molecule has 244 valence electrons. The molecule has 1 aromatic heterocycles. The van der Waals surface area contributed by atoms with Gasteiger partial charge >= 0.3 is 6.18 Å². The number of carbonyl (C=O) groups excluding carboxylic acids is 1. The van der Waals surface area contributed by atoms with Gasteiger partial charge in [0.15, 0.2) is 0 Å². The molecule has 0 fully saturated rings. The van der Waals surface area contributed by atoms with Crippen molar-refractivity contribution in [2.45, 2.75) is 59.3 Å². The zero-order valence-corrected chi connectivity index (χ0v) is 26.5. The number of nitrogens with zero attached hydrogens (tertiary/aromatic N) is 4. The SMILES string of the molecule is CCc1cn(CC(=O)N(CCN(CC)CC)Cc2ccc(-c3ccc(C(F)(F)F)cc3)cc2)c(CCc2ccc(F)cc2)nc1=O. The Labute approximate surface area is 267 Å². The number of rotatable bonds is 14. The highest BCUT2D eigenvalue weighted by atomic mass is 19.4. The quantitative estimate of drug-likeness (QED) is 0.143. The number of benzene rings is 3. The van der Waals surface area contributed by atoms with E-state index in [0.29, 0.717) is 55.8 Å². The molecule has 0 aliphatic carbocycles. The van der Waals surface area contributed by atoms with Gasteiger partial charge in [-0.2, -0.15) is 18.2 Å². The van der Waals surface area contributed by atoms with Gasteiger partial charge < -0.3 is 14.4 Å². The van der Waals surface area contributed by atoms with E-state index in [9.17, 15) is 27.2 Å². The predicted molar refractivity (Wildman–Crippen MR) is 172 cm³/mol. The van der Waals surface area contributed by atoms with Gasteiger partial charge in [0.2, 0.25) is 5.91 Å². The number of alkyl halides is 3. The molecule has 10 heteroatoms. The van der Waals surface area contributed by atoms with Gasteiger partial charge in [0.05, 0.1) is 5.56 Å². The van der Waals surface area contributed by atoms with Gasteiger partial charge in [0, 0.05) is 37.8 Å². The molecule has 0 saturated heterocycles. The van der Waals surface area contributed by atoms with Crippen molar-refractivity contribution in [3.05, 3.63) is 123 Å². The monoisotopic (exact) mass is 636 g/mol. The number of hydrogen-bond donors (Lipinski definition) is 0. The van der Waals surface area contributed by atoms with Gasteiger partial charge in [-0.25, -0.2) is 4.39 Å². The Morgan fingerprint density at radius 3 is 1.96 bits per heavy atom. The van der Waals surface area contributed by atoms with Crippen molar-refractivity contribution in [1.29, 1.82) is 0 Å². The van der Waals surface area contributed by atoms with E-state index in [4.69, 9.17) is 0 Å². The van der Waals surface area contributed by atoms with E-state index in [1.807, 2.05) is 31.2 Å². The van der Waals surface area contributed by atoms with E-state index < -0.39 is 11.7 Å². The van der Waals surface area contributed by atoms with E-state index in [-0.39, 0.29) is 23.8 Å². The van der Waals surface area contributed by atoms with Crippen molar-refractivity contribution in [1.82, 2.24) is 19.4 Å².